The van der Waals surface area contributed by atoms with E-state index in [-0.39, 0.29) is 35.9 Å². The summed E-state index contributed by atoms with van der Waals surface area (Å²) < 4.78 is 42.7. The average Bonchev–Trinajstić information content (AvgIpc) is 2.51. The van der Waals surface area contributed by atoms with Gasteiger partial charge in [0.2, 0.25) is 11.8 Å². The van der Waals surface area contributed by atoms with Gasteiger partial charge in [-0.2, -0.15) is 13.2 Å². The van der Waals surface area contributed by atoms with E-state index in [9.17, 15) is 18.0 Å². The summed E-state index contributed by atoms with van der Waals surface area (Å²) in [6.45, 7) is 3.14. The molecule has 1 aromatic heterocycles. The average molecular weight is 366 g/mol. The van der Waals surface area contributed by atoms with E-state index >= 15 is 0 Å². The number of carbonyl (C=O) groups is 1. The first kappa shape index (κ1) is 18.8. The maximum Gasteiger partial charge on any atom is 0.417 e. The van der Waals surface area contributed by atoms with Crippen LogP contribution in [-0.4, -0.2) is 36.6 Å². The summed E-state index contributed by atoms with van der Waals surface area (Å²) in [7, 11) is 0. The molecule has 2 rings (SSSR count). The molecule has 0 aliphatic carbocycles. The van der Waals surface area contributed by atoms with Crippen molar-refractivity contribution in [3.63, 3.8) is 0 Å². The Bertz CT molecular complexity index is 584. The van der Waals surface area contributed by atoms with Gasteiger partial charge in [-0.1, -0.05) is 11.6 Å². The third kappa shape index (κ3) is 5.24. The number of halogens is 4. The number of nitrogens with one attached hydrogen (secondary N) is 2. The second-order valence-corrected chi connectivity index (χ2v) is 6.13. The van der Waals surface area contributed by atoms with Crippen LogP contribution in [0, 0.1) is 5.92 Å². The molecule has 0 unspecified atom stereocenters. The molecule has 24 heavy (non-hydrogen) atoms. The lowest BCUT2D eigenvalue weighted by Crippen LogP contribution is -2.43. The Morgan fingerprint density at radius 2 is 2.29 bits per heavy atom. The topological polar surface area (TPSA) is 63.2 Å². The van der Waals surface area contributed by atoms with Crippen LogP contribution in [0.25, 0.3) is 0 Å². The van der Waals surface area contributed by atoms with Gasteiger partial charge in [0.05, 0.1) is 12.1 Å². The fraction of sp³-hybridized carbons (Fsp3) is 0.600. The van der Waals surface area contributed by atoms with E-state index in [1.165, 1.54) is 0 Å². The number of alkyl halides is 3. The van der Waals surface area contributed by atoms with Crippen molar-refractivity contribution in [2.75, 3.05) is 19.7 Å². The number of aromatic nitrogens is 1. The molecule has 1 aromatic rings. The maximum atomic E-state index is 12.5. The monoisotopic (exact) mass is 365 g/mol. The van der Waals surface area contributed by atoms with E-state index in [2.05, 4.69) is 15.6 Å². The molecule has 0 radical (unpaired) electrons. The Morgan fingerprint density at radius 3 is 2.92 bits per heavy atom. The van der Waals surface area contributed by atoms with Crippen LogP contribution >= 0.6 is 11.6 Å². The number of piperidine rings is 1. The quantitative estimate of drug-likeness (QED) is 0.787. The van der Waals surface area contributed by atoms with Crippen LogP contribution < -0.4 is 15.4 Å². The Labute approximate surface area is 142 Å². The van der Waals surface area contributed by atoms with Crippen molar-refractivity contribution in [1.82, 2.24) is 15.6 Å². The minimum absolute atomic E-state index is 0.0333. The molecule has 9 heteroatoms. The standard InChI is InChI=1S/C15H19ClF3N3O2/c1-9-6-10(2-3-20-9)13(23)21-4-5-24-14-12(16)7-11(8-22-14)15(17,18)19/h7-10,20H,2-6H2,1H3,(H,21,23)/t9-,10-/m0/s1. The number of rotatable bonds is 5. The van der Waals surface area contributed by atoms with Gasteiger partial charge in [-0.3, -0.25) is 4.79 Å². The van der Waals surface area contributed by atoms with E-state index in [0.29, 0.717) is 12.2 Å². The van der Waals surface area contributed by atoms with Crippen molar-refractivity contribution in [1.29, 1.82) is 0 Å². The molecule has 1 amide bonds. The first-order chi connectivity index (χ1) is 11.3. The van der Waals surface area contributed by atoms with E-state index in [1.54, 1.807) is 0 Å². The Morgan fingerprint density at radius 1 is 1.54 bits per heavy atom. The number of nitrogens with zero attached hydrogens (tertiary/aromatic N) is 1. The molecular formula is C15H19ClF3N3O2. The lowest BCUT2D eigenvalue weighted by atomic mass is 9.92. The van der Waals surface area contributed by atoms with Crippen LogP contribution in [0.2, 0.25) is 5.02 Å². The SMILES string of the molecule is C[C@H]1C[C@@H](C(=O)NCCOc2ncc(C(F)(F)F)cc2Cl)CCN1. The van der Waals surface area contributed by atoms with Gasteiger partial charge < -0.3 is 15.4 Å². The first-order valence-electron chi connectivity index (χ1n) is 7.64. The molecule has 0 spiro atoms. The third-order valence-corrected chi connectivity index (χ3v) is 4.04. The predicted octanol–water partition coefficient (Wildman–Crippen LogP) is 2.64. The van der Waals surface area contributed by atoms with Crippen LogP contribution in [-0.2, 0) is 11.0 Å². The van der Waals surface area contributed by atoms with Gasteiger partial charge in [0.25, 0.3) is 0 Å². The van der Waals surface area contributed by atoms with Crippen LogP contribution in [0.5, 0.6) is 5.88 Å². The van der Waals surface area contributed by atoms with Crippen LogP contribution in [0.3, 0.4) is 0 Å². The number of hydrogen-bond donors (Lipinski definition) is 2. The van der Waals surface area contributed by atoms with Crippen molar-refractivity contribution < 1.29 is 22.7 Å². The largest absolute Gasteiger partial charge is 0.475 e. The fourth-order valence-electron chi connectivity index (χ4n) is 2.52. The molecule has 134 valence electrons. The van der Waals surface area contributed by atoms with Crippen molar-refractivity contribution in [3.8, 4) is 5.88 Å². The molecule has 2 atom stereocenters. The van der Waals surface area contributed by atoms with Gasteiger partial charge in [0.15, 0.2) is 0 Å². The summed E-state index contributed by atoms with van der Waals surface area (Å²) in [6, 6.07) is 1.07. The highest BCUT2D eigenvalue weighted by Crippen LogP contribution is 2.33. The molecule has 1 aliphatic rings. The Kier molecular flexibility index (Phi) is 6.28. The van der Waals surface area contributed by atoms with E-state index in [0.717, 1.165) is 25.5 Å². The van der Waals surface area contributed by atoms with Crippen molar-refractivity contribution in [3.05, 3.63) is 22.8 Å². The smallest absolute Gasteiger partial charge is 0.417 e. The predicted molar refractivity (Wildman–Crippen MR) is 82.9 cm³/mol. The molecule has 2 heterocycles. The van der Waals surface area contributed by atoms with Gasteiger partial charge in [-0.05, 0) is 32.4 Å². The van der Waals surface area contributed by atoms with Crippen molar-refractivity contribution in [2.45, 2.75) is 32.0 Å². The van der Waals surface area contributed by atoms with Gasteiger partial charge in [0, 0.05) is 18.2 Å². The summed E-state index contributed by atoms with van der Waals surface area (Å²) in [5.74, 6) is -0.165. The van der Waals surface area contributed by atoms with Gasteiger partial charge >= 0.3 is 6.18 Å². The van der Waals surface area contributed by atoms with Crippen molar-refractivity contribution >= 4 is 17.5 Å². The molecule has 0 bridgehead atoms. The highest BCUT2D eigenvalue weighted by Gasteiger charge is 2.31. The Hall–Kier alpha value is -1.54. The zero-order valence-corrected chi connectivity index (χ0v) is 13.9. The minimum atomic E-state index is -4.50. The molecule has 1 saturated heterocycles. The minimum Gasteiger partial charge on any atom is -0.475 e. The summed E-state index contributed by atoms with van der Waals surface area (Å²) in [6.07, 6.45) is -2.28. The van der Waals surface area contributed by atoms with Gasteiger partial charge in [-0.15, -0.1) is 0 Å². The number of amides is 1. The maximum absolute atomic E-state index is 12.5. The lowest BCUT2D eigenvalue weighted by Gasteiger charge is -2.27. The number of ether oxygens (including phenoxy) is 1. The highest BCUT2D eigenvalue weighted by atomic mass is 35.5. The van der Waals surface area contributed by atoms with Crippen LogP contribution in [0.1, 0.15) is 25.3 Å². The number of pyridine rings is 1. The summed E-state index contributed by atoms with van der Waals surface area (Å²) in [5, 5.41) is 5.81. The summed E-state index contributed by atoms with van der Waals surface area (Å²) in [5.41, 5.74) is -0.937. The molecular weight excluding hydrogens is 347 g/mol. The lowest BCUT2D eigenvalue weighted by molar-refractivity contribution is -0.137. The molecule has 0 aromatic carbocycles. The van der Waals surface area contributed by atoms with Crippen LogP contribution in [0.4, 0.5) is 13.2 Å². The molecule has 2 N–H and O–H groups in total. The zero-order valence-electron chi connectivity index (χ0n) is 13.1. The van der Waals surface area contributed by atoms with Gasteiger partial charge in [-0.25, -0.2) is 4.98 Å². The molecule has 5 nitrogen and oxygen atoms in total. The first-order valence-corrected chi connectivity index (χ1v) is 8.02. The normalized spacial score (nSPS) is 21.4. The van der Waals surface area contributed by atoms with Gasteiger partial charge in [0.1, 0.15) is 11.6 Å². The molecule has 0 saturated carbocycles. The Balaban J connectivity index is 1.77. The van der Waals surface area contributed by atoms with E-state index in [4.69, 9.17) is 16.3 Å². The number of hydrogen-bond acceptors (Lipinski definition) is 4. The fourth-order valence-corrected chi connectivity index (χ4v) is 2.74. The number of carbonyl (C=O) groups excluding carboxylic acids is 1. The highest BCUT2D eigenvalue weighted by molar-refractivity contribution is 6.31. The van der Waals surface area contributed by atoms with E-state index in [1.807, 2.05) is 6.92 Å². The van der Waals surface area contributed by atoms with E-state index < -0.39 is 11.7 Å². The second-order valence-electron chi connectivity index (χ2n) is 5.72. The second kappa shape index (κ2) is 8.02. The summed E-state index contributed by atoms with van der Waals surface area (Å²) in [4.78, 5) is 15.6. The third-order valence-electron chi connectivity index (χ3n) is 3.77. The molecule has 1 aliphatic heterocycles. The van der Waals surface area contributed by atoms with Crippen LogP contribution in [0.15, 0.2) is 12.3 Å². The van der Waals surface area contributed by atoms with Crippen molar-refractivity contribution in [2.24, 2.45) is 5.92 Å². The zero-order chi connectivity index (χ0) is 17.7. The molecule has 1 fully saturated rings. The summed E-state index contributed by atoms with van der Waals surface area (Å²) >= 11 is 5.73.